The van der Waals surface area contributed by atoms with Gasteiger partial charge < -0.3 is 17.8 Å². The zero-order valence-electron chi connectivity index (χ0n) is 37.3. The molecule has 0 radical (unpaired) electrons. The van der Waals surface area contributed by atoms with Crippen LogP contribution in [0, 0.1) is 0 Å². The van der Waals surface area contributed by atoms with Gasteiger partial charge in [-0.25, -0.2) is 15.0 Å². The first kappa shape index (κ1) is 38.5. The number of benzene rings is 10. The molecule has 0 bridgehead atoms. The van der Waals surface area contributed by atoms with Gasteiger partial charge in [-0.15, -0.1) is 0 Å². The van der Waals surface area contributed by atoms with Crippen molar-refractivity contribution in [2.24, 2.45) is 0 Å². The predicted molar refractivity (Wildman–Crippen MR) is 283 cm³/mol. The van der Waals surface area contributed by atoms with Gasteiger partial charge in [-0.2, -0.15) is 0 Å². The Hall–Kier alpha value is -9.59. The van der Waals surface area contributed by atoms with Gasteiger partial charge in [0.2, 0.25) is 0 Å². The van der Waals surface area contributed by atoms with Crippen LogP contribution in [0.4, 0.5) is 0 Å². The lowest BCUT2D eigenvalue weighted by Crippen LogP contribution is -2.00. The number of nitrogens with zero attached hydrogens (tertiary/aromatic N) is 4. The van der Waals surface area contributed by atoms with E-state index < -0.39 is 0 Å². The molecule has 0 amide bonds. The van der Waals surface area contributed by atoms with Gasteiger partial charge in [0.25, 0.3) is 0 Å². The Kier molecular flexibility index (Phi) is 8.23. The SMILES string of the molecule is c1ccc(-c2ccc3c(c2)c2ccccc2n3-c2cc(-c3ccc4oc5cccc(-c6nc(-c7ccccc7)nc(-c7ccc8c(c7)oc7ccccc78)n6)c5c4c3)c3c(c2)oc2ccccc23)cc1. The maximum Gasteiger partial charge on any atom is 0.164 e. The summed E-state index contributed by atoms with van der Waals surface area (Å²) in [4.78, 5) is 15.5. The van der Waals surface area contributed by atoms with Gasteiger partial charge in [-0.3, -0.25) is 0 Å². The molecule has 7 heteroatoms. The minimum absolute atomic E-state index is 0.541. The molecule has 5 heterocycles. The van der Waals surface area contributed by atoms with Crippen LogP contribution in [-0.4, -0.2) is 19.5 Å². The summed E-state index contributed by atoms with van der Waals surface area (Å²) in [6, 6.07) is 75.8. The first-order valence-electron chi connectivity index (χ1n) is 23.4. The fraction of sp³-hybridized carbons (Fsp3) is 0. The maximum atomic E-state index is 6.75. The third kappa shape index (κ3) is 5.91. The van der Waals surface area contributed by atoms with Gasteiger partial charge in [-0.05, 0) is 89.0 Å². The lowest BCUT2D eigenvalue weighted by atomic mass is 9.96. The number of hydrogen-bond acceptors (Lipinski definition) is 6. The fourth-order valence-electron chi connectivity index (χ4n) is 10.6. The first-order chi connectivity index (χ1) is 34.7. The first-order valence-corrected chi connectivity index (χ1v) is 23.4. The van der Waals surface area contributed by atoms with Gasteiger partial charge in [0.05, 0.1) is 16.7 Å². The number of fused-ring (bicyclic) bond motifs is 12. The van der Waals surface area contributed by atoms with Crippen LogP contribution in [0.15, 0.2) is 232 Å². The largest absolute Gasteiger partial charge is 0.456 e. The Morgan fingerprint density at radius 3 is 1.69 bits per heavy atom. The molecule has 0 saturated heterocycles. The molecule has 0 N–H and O–H groups in total. The second-order valence-electron chi connectivity index (χ2n) is 17.9. The summed E-state index contributed by atoms with van der Waals surface area (Å²) in [5.74, 6) is 1.66. The van der Waals surface area contributed by atoms with Crippen molar-refractivity contribution in [3.05, 3.63) is 218 Å². The second kappa shape index (κ2) is 15.0. The molecule has 15 rings (SSSR count). The van der Waals surface area contributed by atoms with Gasteiger partial charge in [0.15, 0.2) is 17.5 Å². The summed E-state index contributed by atoms with van der Waals surface area (Å²) in [6.45, 7) is 0. The smallest absolute Gasteiger partial charge is 0.164 e. The lowest BCUT2D eigenvalue weighted by Gasteiger charge is -2.12. The Morgan fingerprint density at radius 1 is 0.271 bits per heavy atom. The molecule has 0 aliphatic carbocycles. The quantitative estimate of drug-likeness (QED) is 0.165. The van der Waals surface area contributed by atoms with Crippen LogP contribution in [0.3, 0.4) is 0 Å². The molecule has 10 aromatic carbocycles. The summed E-state index contributed by atoms with van der Waals surface area (Å²) >= 11 is 0. The molecular formula is C63H36N4O3. The average Bonchev–Trinajstić information content (AvgIpc) is 4.19. The van der Waals surface area contributed by atoms with Crippen molar-refractivity contribution in [2.45, 2.75) is 0 Å². The molecule has 0 spiro atoms. The number of furan rings is 3. The molecule has 5 aromatic heterocycles. The molecule has 70 heavy (non-hydrogen) atoms. The van der Waals surface area contributed by atoms with Crippen molar-refractivity contribution in [3.8, 4) is 62.1 Å². The molecule has 0 fully saturated rings. The van der Waals surface area contributed by atoms with E-state index >= 15 is 0 Å². The minimum Gasteiger partial charge on any atom is -0.456 e. The van der Waals surface area contributed by atoms with Crippen molar-refractivity contribution in [2.75, 3.05) is 0 Å². The molecule has 7 nitrogen and oxygen atoms in total. The molecule has 0 atom stereocenters. The van der Waals surface area contributed by atoms with E-state index in [1.807, 2.05) is 78.9 Å². The zero-order valence-corrected chi connectivity index (χ0v) is 37.3. The Labute approximate surface area is 399 Å². The van der Waals surface area contributed by atoms with E-state index in [1.54, 1.807) is 0 Å². The lowest BCUT2D eigenvalue weighted by molar-refractivity contribution is 0.668. The van der Waals surface area contributed by atoms with Crippen LogP contribution in [-0.2, 0) is 0 Å². The van der Waals surface area contributed by atoms with Crippen LogP contribution in [0.25, 0.3) is 150 Å². The van der Waals surface area contributed by atoms with E-state index in [-0.39, 0.29) is 0 Å². The molecule has 0 saturated carbocycles. The van der Waals surface area contributed by atoms with E-state index in [0.717, 1.165) is 110 Å². The fourth-order valence-corrected chi connectivity index (χ4v) is 10.6. The number of hydrogen-bond donors (Lipinski definition) is 0. The maximum absolute atomic E-state index is 6.75. The third-order valence-electron chi connectivity index (χ3n) is 13.9. The Balaban J connectivity index is 0.941. The van der Waals surface area contributed by atoms with Crippen molar-refractivity contribution >= 4 is 87.6 Å². The topological polar surface area (TPSA) is 83.0 Å². The molecular weight excluding hydrogens is 861 g/mol. The second-order valence-corrected chi connectivity index (χ2v) is 17.9. The van der Waals surface area contributed by atoms with E-state index in [1.165, 1.54) is 21.9 Å². The van der Waals surface area contributed by atoms with Gasteiger partial charge >= 0.3 is 0 Å². The normalized spacial score (nSPS) is 12.0. The summed E-state index contributed by atoms with van der Waals surface area (Å²) < 4.78 is 22.1. The van der Waals surface area contributed by atoms with Gasteiger partial charge in [-0.1, -0.05) is 146 Å². The van der Waals surface area contributed by atoms with Crippen LogP contribution in [0.2, 0.25) is 0 Å². The van der Waals surface area contributed by atoms with Gasteiger partial charge in [0.1, 0.15) is 33.5 Å². The zero-order chi connectivity index (χ0) is 45.9. The number of aromatic nitrogens is 4. The van der Waals surface area contributed by atoms with E-state index in [0.29, 0.717) is 17.5 Å². The number of para-hydroxylation sites is 3. The molecule has 0 unspecified atom stereocenters. The molecule has 326 valence electrons. The van der Waals surface area contributed by atoms with Crippen LogP contribution in [0.1, 0.15) is 0 Å². The number of rotatable bonds is 6. The van der Waals surface area contributed by atoms with Crippen molar-refractivity contribution in [3.63, 3.8) is 0 Å². The van der Waals surface area contributed by atoms with Crippen molar-refractivity contribution in [1.29, 1.82) is 0 Å². The van der Waals surface area contributed by atoms with E-state index in [4.69, 9.17) is 28.2 Å². The highest BCUT2D eigenvalue weighted by Crippen LogP contribution is 2.44. The average molecular weight is 897 g/mol. The standard InChI is InChI=1S/C63H36N4O3/c1-3-14-37(15-4-1)39-27-30-52-49(32-39)43-18-7-10-22-51(43)67(52)42-35-48(59-46-20-9-12-24-54(46)70-58(59)36-42)40-28-31-55-50(33-40)60-47(21-13-25-56(60)68-55)63-65-61(38-16-5-2-6-17-38)64-62(66-63)41-26-29-45-44-19-8-11-23-53(44)69-57(45)34-41/h1-36H. The summed E-state index contributed by atoms with van der Waals surface area (Å²) in [7, 11) is 0. The van der Waals surface area contributed by atoms with Crippen LogP contribution < -0.4 is 0 Å². The predicted octanol–water partition coefficient (Wildman–Crippen LogP) is 17.0. The van der Waals surface area contributed by atoms with Crippen LogP contribution in [0.5, 0.6) is 0 Å². The highest BCUT2D eigenvalue weighted by atomic mass is 16.3. The molecule has 15 aromatic rings. The van der Waals surface area contributed by atoms with Crippen molar-refractivity contribution in [1.82, 2.24) is 19.5 Å². The molecule has 0 aliphatic heterocycles. The highest BCUT2D eigenvalue weighted by molar-refractivity contribution is 6.17. The van der Waals surface area contributed by atoms with Gasteiger partial charge in [0, 0.05) is 65.8 Å². The Bertz CT molecular complexity index is 4600. The van der Waals surface area contributed by atoms with E-state index in [9.17, 15) is 0 Å². The third-order valence-corrected chi connectivity index (χ3v) is 13.9. The van der Waals surface area contributed by atoms with Crippen LogP contribution >= 0.6 is 0 Å². The van der Waals surface area contributed by atoms with Crippen molar-refractivity contribution < 1.29 is 13.3 Å². The summed E-state index contributed by atoms with van der Waals surface area (Å²) in [6.07, 6.45) is 0. The van der Waals surface area contributed by atoms with E-state index in [2.05, 4.69) is 144 Å². The molecule has 0 aliphatic rings. The summed E-state index contributed by atoms with van der Waals surface area (Å²) in [5, 5.41) is 8.47. The minimum atomic E-state index is 0.541. The highest BCUT2D eigenvalue weighted by Gasteiger charge is 2.22. The summed E-state index contributed by atoms with van der Waals surface area (Å²) in [5.41, 5.74) is 15.0. The monoisotopic (exact) mass is 896 g/mol. The Morgan fingerprint density at radius 2 is 0.843 bits per heavy atom.